The van der Waals surface area contributed by atoms with E-state index in [-0.39, 0.29) is 17.6 Å². The Bertz CT molecular complexity index is 1380. The average molecular weight is 462 g/mol. The lowest BCUT2D eigenvalue weighted by molar-refractivity contribution is -0.134. The molecule has 4 atom stereocenters. The molecule has 1 aliphatic heterocycles. The van der Waals surface area contributed by atoms with E-state index in [0.29, 0.717) is 12.1 Å². The number of amides is 2. The Labute approximate surface area is 205 Å². The Morgan fingerprint density at radius 3 is 1.71 bits per heavy atom. The van der Waals surface area contributed by atoms with Gasteiger partial charge in [0.05, 0.1) is 28.4 Å². The number of nitrogens with zero attached hydrogens (tertiary/aromatic N) is 1. The molecule has 174 valence electrons. The highest BCUT2D eigenvalue weighted by Crippen LogP contribution is 2.74. The minimum atomic E-state index is -1.08. The van der Waals surface area contributed by atoms with Gasteiger partial charge in [-0.05, 0) is 47.8 Å². The number of hydrogen-bond acceptors (Lipinski definition) is 3. The van der Waals surface area contributed by atoms with E-state index >= 15 is 0 Å². The van der Waals surface area contributed by atoms with Crippen LogP contribution in [0.2, 0.25) is 0 Å². The van der Waals surface area contributed by atoms with Crippen LogP contribution in [0.5, 0.6) is 0 Å². The van der Waals surface area contributed by atoms with Gasteiger partial charge in [-0.15, -0.1) is 0 Å². The van der Waals surface area contributed by atoms with Crippen molar-refractivity contribution in [1.82, 2.24) is 0 Å². The lowest BCUT2D eigenvalue weighted by Crippen LogP contribution is -2.41. The van der Waals surface area contributed by atoms with E-state index in [1.807, 2.05) is 92.7 Å². The number of allylic oxidation sites excluding steroid dienone is 2. The molecular formula is C31H27NO3. The maximum atomic E-state index is 14.6. The van der Waals surface area contributed by atoms with Gasteiger partial charge >= 0.3 is 0 Å². The maximum absolute atomic E-state index is 14.6. The summed E-state index contributed by atoms with van der Waals surface area (Å²) in [4.78, 5) is 44.0. The molecule has 2 amide bonds. The molecule has 2 bridgehead atoms. The number of fused-ring (bicyclic) bond motifs is 5. The molecule has 2 aliphatic carbocycles. The van der Waals surface area contributed by atoms with E-state index in [1.165, 1.54) is 4.90 Å². The summed E-state index contributed by atoms with van der Waals surface area (Å²) in [5.41, 5.74) is 2.18. The van der Waals surface area contributed by atoms with Gasteiger partial charge in [0.1, 0.15) is 0 Å². The standard InChI is InChI=1S/C31H27NO3/c1-3-19-31-24(21-15-9-5-10-16-21)23(20-13-7-4-8-14-20)30(2,29(31)35)25-26(31)28(34)32(27(25)33)22-17-11-6-12-18-22/h4-18,25-26H,3,19H2,1-2H3/t25-,26+,30-,31-/m0/s1. The second-order valence-corrected chi connectivity index (χ2v) is 10.0. The van der Waals surface area contributed by atoms with Crippen LogP contribution in [-0.4, -0.2) is 17.6 Å². The second-order valence-electron chi connectivity index (χ2n) is 10.0. The quantitative estimate of drug-likeness (QED) is 0.452. The van der Waals surface area contributed by atoms with Crippen molar-refractivity contribution in [3.8, 4) is 0 Å². The van der Waals surface area contributed by atoms with Crippen molar-refractivity contribution in [1.29, 1.82) is 0 Å². The van der Waals surface area contributed by atoms with Crippen LogP contribution in [-0.2, 0) is 14.4 Å². The predicted octanol–water partition coefficient (Wildman–Crippen LogP) is 5.79. The van der Waals surface area contributed by atoms with Crippen LogP contribution in [0.25, 0.3) is 11.1 Å². The molecule has 6 rings (SSSR count). The van der Waals surface area contributed by atoms with E-state index in [9.17, 15) is 14.4 Å². The van der Waals surface area contributed by atoms with Crippen LogP contribution >= 0.6 is 0 Å². The third kappa shape index (κ3) is 2.60. The number of carbonyl (C=O) groups excluding carboxylic acids is 3. The Morgan fingerprint density at radius 2 is 1.17 bits per heavy atom. The van der Waals surface area contributed by atoms with Crippen LogP contribution in [0.15, 0.2) is 91.0 Å². The number of para-hydroxylation sites is 1. The number of ketones is 1. The van der Waals surface area contributed by atoms with Crippen molar-refractivity contribution in [2.45, 2.75) is 26.7 Å². The summed E-state index contributed by atoms with van der Waals surface area (Å²) >= 11 is 0. The number of hydrogen-bond donors (Lipinski definition) is 0. The van der Waals surface area contributed by atoms with E-state index < -0.39 is 22.7 Å². The Morgan fingerprint density at radius 1 is 0.686 bits per heavy atom. The number of anilines is 1. The molecule has 1 saturated carbocycles. The second kappa shape index (κ2) is 7.61. The molecule has 4 nitrogen and oxygen atoms in total. The average Bonchev–Trinajstić information content (AvgIpc) is 3.35. The van der Waals surface area contributed by atoms with Crippen molar-refractivity contribution in [2.75, 3.05) is 4.90 Å². The van der Waals surface area contributed by atoms with Crippen molar-refractivity contribution in [3.63, 3.8) is 0 Å². The number of imide groups is 1. The van der Waals surface area contributed by atoms with Gasteiger partial charge in [-0.1, -0.05) is 92.2 Å². The summed E-state index contributed by atoms with van der Waals surface area (Å²) in [7, 11) is 0. The zero-order valence-electron chi connectivity index (χ0n) is 19.9. The first-order valence-corrected chi connectivity index (χ1v) is 12.3. The van der Waals surface area contributed by atoms with Gasteiger partial charge < -0.3 is 0 Å². The molecule has 0 spiro atoms. The largest absolute Gasteiger partial charge is 0.298 e. The molecule has 0 aromatic heterocycles. The Balaban J connectivity index is 1.67. The first kappa shape index (κ1) is 21.7. The van der Waals surface area contributed by atoms with Gasteiger partial charge in [-0.2, -0.15) is 0 Å². The summed E-state index contributed by atoms with van der Waals surface area (Å²) in [6.45, 7) is 3.95. The lowest BCUT2D eigenvalue weighted by Gasteiger charge is -2.37. The van der Waals surface area contributed by atoms with Gasteiger partial charge in [0.2, 0.25) is 11.8 Å². The maximum Gasteiger partial charge on any atom is 0.239 e. The van der Waals surface area contributed by atoms with Crippen molar-refractivity contribution < 1.29 is 14.4 Å². The first-order valence-electron chi connectivity index (χ1n) is 12.3. The van der Waals surface area contributed by atoms with Crippen LogP contribution < -0.4 is 4.90 Å². The zero-order valence-corrected chi connectivity index (χ0v) is 19.9. The number of Topliss-reactive ketones (excluding diaryl/α,β-unsaturated/α-hetero) is 1. The van der Waals surface area contributed by atoms with Crippen LogP contribution in [0.4, 0.5) is 5.69 Å². The molecule has 1 heterocycles. The van der Waals surface area contributed by atoms with Gasteiger partial charge in [0.25, 0.3) is 0 Å². The molecule has 0 unspecified atom stereocenters. The van der Waals surface area contributed by atoms with Gasteiger partial charge in [0.15, 0.2) is 5.78 Å². The minimum absolute atomic E-state index is 0.0222. The van der Waals surface area contributed by atoms with E-state index in [1.54, 1.807) is 12.1 Å². The summed E-state index contributed by atoms with van der Waals surface area (Å²) in [6, 6.07) is 29.0. The number of carbonyl (C=O) groups is 3. The van der Waals surface area contributed by atoms with Crippen molar-refractivity contribution in [3.05, 3.63) is 102 Å². The van der Waals surface area contributed by atoms with E-state index in [4.69, 9.17) is 0 Å². The van der Waals surface area contributed by atoms with Gasteiger partial charge in [0, 0.05) is 0 Å². The third-order valence-corrected chi connectivity index (χ3v) is 8.34. The third-order valence-electron chi connectivity index (χ3n) is 8.34. The molecule has 4 heteroatoms. The van der Waals surface area contributed by atoms with Crippen LogP contribution in [0.1, 0.15) is 37.8 Å². The SMILES string of the molecule is CCC[C@]12C(=O)[C@@](C)(C(c3ccccc3)=C1c1ccccc1)[C@@H]1C(=O)N(c3ccccc3)C(=O)[C@@H]12. The molecule has 3 aromatic carbocycles. The fraction of sp³-hybridized carbons (Fsp3) is 0.258. The molecule has 0 N–H and O–H groups in total. The highest BCUT2D eigenvalue weighted by atomic mass is 16.2. The van der Waals surface area contributed by atoms with Crippen molar-refractivity contribution in [2.24, 2.45) is 22.7 Å². The minimum Gasteiger partial charge on any atom is -0.298 e. The molecule has 2 fully saturated rings. The Hall–Kier alpha value is -3.79. The van der Waals surface area contributed by atoms with Crippen LogP contribution in [0, 0.1) is 22.7 Å². The molecule has 35 heavy (non-hydrogen) atoms. The monoisotopic (exact) mass is 461 g/mol. The first-order chi connectivity index (χ1) is 17.0. The smallest absolute Gasteiger partial charge is 0.239 e. The lowest BCUT2D eigenvalue weighted by atomic mass is 9.61. The fourth-order valence-corrected chi connectivity index (χ4v) is 7.19. The molecule has 1 saturated heterocycles. The fourth-order valence-electron chi connectivity index (χ4n) is 7.19. The van der Waals surface area contributed by atoms with Gasteiger partial charge in [-0.25, -0.2) is 4.90 Å². The molecule has 3 aromatic rings. The topological polar surface area (TPSA) is 54.5 Å². The summed E-state index contributed by atoms with van der Waals surface area (Å²) < 4.78 is 0. The molecular weight excluding hydrogens is 434 g/mol. The molecule has 3 aliphatic rings. The predicted molar refractivity (Wildman–Crippen MR) is 136 cm³/mol. The number of rotatable bonds is 5. The summed E-state index contributed by atoms with van der Waals surface area (Å²) in [6.07, 6.45) is 1.26. The normalized spacial score (nSPS) is 29.3. The van der Waals surface area contributed by atoms with E-state index in [0.717, 1.165) is 28.7 Å². The number of benzene rings is 3. The highest BCUT2D eigenvalue weighted by Gasteiger charge is 2.79. The van der Waals surface area contributed by atoms with Crippen LogP contribution in [0.3, 0.4) is 0 Å². The van der Waals surface area contributed by atoms with E-state index in [2.05, 4.69) is 0 Å². The highest BCUT2D eigenvalue weighted by molar-refractivity contribution is 6.34. The summed E-state index contributed by atoms with van der Waals surface area (Å²) in [5.74, 6) is -1.90. The van der Waals surface area contributed by atoms with Crippen molar-refractivity contribution >= 4 is 34.4 Å². The summed E-state index contributed by atoms with van der Waals surface area (Å²) in [5, 5.41) is 0. The van der Waals surface area contributed by atoms with Gasteiger partial charge in [-0.3, -0.25) is 14.4 Å². The Kier molecular flexibility index (Phi) is 4.72. The zero-order chi connectivity index (χ0) is 24.4. The molecule has 0 radical (unpaired) electrons.